The molecule has 0 radical (unpaired) electrons. The van der Waals surface area contributed by atoms with Gasteiger partial charge in [0, 0.05) is 4.47 Å². The summed E-state index contributed by atoms with van der Waals surface area (Å²) in [5.41, 5.74) is 7.16. The molecule has 2 aromatic rings. The summed E-state index contributed by atoms with van der Waals surface area (Å²) < 4.78 is 27.6. The third-order valence-electron chi connectivity index (χ3n) is 5.43. The number of amides is 1. The fourth-order valence-corrected chi connectivity index (χ4v) is 4.34. The summed E-state index contributed by atoms with van der Waals surface area (Å²) >= 11 is 3.50. The minimum Gasteiger partial charge on any atom is -0.495 e. The number of benzene rings is 2. The van der Waals surface area contributed by atoms with E-state index in [9.17, 15) is 14.9 Å². The second-order valence-electron chi connectivity index (χ2n) is 7.68. The quantitative estimate of drug-likeness (QED) is 0.424. The summed E-state index contributed by atoms with van der Waals surface area (Å²) in [6.07, 6.45) is 0. The second kappa shape index (κ2) is 12.2. The highest BCUT2D eigenvalue weighted by Crippen LogP contribution is 2.45. The number of rotatable bonds is 9. The lowest BCUT2D eigenvalue weighted by atomic mass is 9.83. The molecule has 0 fully saturated rings. The first-order valence-electron chi connectivity index (χ1n) is 11.1. The number of hydrogen-bond acceptors (Lipinski definition) is 9. The molecule has 0 bridgehead atoms. The van der Waals surface area contributed by atoms with Crippen LogP contribution in [0.4, 0.5) is 5.69 Å². The van der Waals surface area contributed by atoms with Gasteiger partial charge in [0.05, 0.1) is 38.0 Å². The molecular weight excluding hydrogens is 546 g/mol. The molecule has 1 heterocycles. The van der Waals surface area contributed by atoms with Crippen molar-refractivity contribution in [3.8, 4) is 23.3 Å². The number of nitriles is 1. The molecule has 0 saturated heterocycles. The standard InChI is InChI=1S/C26H26BrN3O7/c1-5-35-26(32)23-14(2)37-25(29)16(12-28)24(23)15-10-20(34-4)21(11-17(15)27)36-13-22(31)30-18-8-6-7-9-19(18)33-3/h6-11,24H,5,13,29H2,1-4H3,(H,30,31). The first kappa shape index (κ1) is 27.4. The number of allylic oxidation sites excluding steroid dienone is 2. The molecule has 1 unspecified atom stereocenters. The van der Waals surface area contributed by atoms with Gasteiger partial charge in [-0.15, -0.1) is 0 Å². The monoisotopic (exact) mass is 571 g/mol. The van der Waals surface area contributed by atoms with Crippen LogP contribution in [0.15, 0.2) is 63.7 Å². The van der Waals surface area contributed by atoms with Crippen LogP contribution in [0.5, 0.6) is 17.2 Å². The molecule has 3 rings (SSSR count). The summed E-state index contributed by atoms with van der Waals surface area (Å²) in [5.74, 6) is -0.786. The topological polar surface area (TPSA) is 142 Å². The minimum atomic E-state index is -0.885. The van der Waals surface area contributed by atoms with Gasteiger partial charge < -0.3 is 34.7 Å². The molecule has 0 saturated carbocycles. The average molecular weight is 572 g/mol. The number of nitrogens with two attached hydrogens (primary N) is 1. The number of carbonyl (C=O) groups is 2. The summed E-state index contributed by atoms with van der Waals surface area (Å²) in [4.78, 5) is 25.3. The van der Waals surface area contributed by atoms with Crippen molar-refractivity contribution in [2.45, 2.75) is 19.8 Å². The zero-order chi connectivity index (χ0) is 27.1. The fraction of sp³-hybridized carbons (Fsp3) is 0.269. The molecule has 3 N–H and O–H groups in total. The largest absolute Gasteiger partial charge is 0.495 e. The maximum absolute atomic E-state index is 12.8. The van der Waals surface area contributed by atoms with E-state index in [4.69, 9.17) is 29.4 Å². The highest BCUT2D eigenvalue weighted by Gasteiger charge is 2.38. The smallest absolute Gasteiger partial charge is 0.338 e. The van der Waals surface area contributed by atoms with Gasteiger partial charge in [0.25, 0.3) is 5.91 Å². The number of ether oxygens (including phenoxy) is 5. The van der Waals surface area contributed by atoms with Crippen LogP contribution in [0.2, 0.25) is 0 Å². The Balaban J connectivity index is 1.92. The molecule has 0 spiro atoms. The third-order valence-corrected chi connectivity index (χ3v) is 6.12. The molecule has 1 aliphatic rings. The summed E-state index contributed by atoms with van der Waals surface area (Å²) in [7, 11) is 2.94. The van der Waals surface area contributed by atoms with E-state index in [1.807, 2.05) is 6.07 Å². The van der Waals surface area contributed by atoms with Gasteiger partial charge in [-0.3, -0.25) is 4.79 Å². The average Bonchev–Trinajstić information content (AvgIpc) is 2.87. The van der Waals surface area contributed by atoms with Crippen molar-refractivity contribution >= 4 is 33.5 Å². The Bertz CT molecular complexity index is 1310. The van der Waals surface area contributed by atoms with E-state index in [1.165, 1.54) is 14.2 Å². The Morgan fingerprint density at radius 1 is 1.16 bits per heavy atom. The van der Waals surface area contributed by atoms with Crippen LogP contribution >= 0.6 is 15.9 Å². The van der Waals surface area contributed by atoms with E-state index in [0.29, 0.717) is 21.5 Å². The first-order chi connectivity index (χ1) is 17.7. The molecular formula is C26H26BrN3O7. The Morgan fingerprint density at radius 3 is 2.51 bits per heavy atom. The van der Waals surface area contributed by atoms with Gasteiger partial charge in [-0.1, -0.05) is 28.1 Å². The third kappa shape index (κ3) is 5.98. The summed E-state index contributed by atoms with van der Waals surface area (Å²) in [6, 6.07) is 12.2. The van der Waals surface area contributed by atoms with Crippen molar-refractivity contribution in [1.29, 1.82) is 5.26 Å². The zero-order valence-corrected chi connectivity index (χ0v) is 22.3. The Hall–Kier alpha value is -4.17. The lowest BCUT2D eigenvalue weighted by molar-refractivity contribution is -0.139. The van der Waals surface area contributed by atoms with Crippen LogP contribution in [-0.2, 0) is 19.1 Å². The van der Waals surface area contributed by atoms with Gasteiger partial charge in [0.15, 0.2) is 18.1 Å². The molecule has 11 heteroatoms. The van der Waals surface area contributed by atoms with Gasteiger partial charge in [0.2, 0.25) is 5.88 Å². The predicted molar refractivity (Wildman–Crippen MR) is 138 cm³/mol. The number of nitrogens with one attached hydrogen (secondary N) is 1. The fourth-order valence-electron chi connectivity index (χ4n) is 3.79. The lowest BCUT2D eigenvalue weighted by Gasteiger charge is -2.28. The van der Waals surface area contributed by atoms with Gasteiger partial charge in [0.1, 0.15) is 23.2 Å². The molecule has 194 valence electrons. The zero-order valence-electron chi connectivity index (χ0n) is 20.7. The maximum atomic E-state index is 12.8. The summed E-state index contributed by atoms with van der Waals surface area (Å²) in [6.45, 7) is 3.07. The SMILES string of the molecule is CCOC(=O)C1=C(C)OC(N)=C(C#N)C1c1cc(OC)c(OCC(=O)Nc2ccccc2OC)cc1Br. The number of carbonyl (C=O) groups excluding carboxylic acids is 2. The normalized spacial score (nSPS) is 14.9. The van der Waals surface area contributed by atoms with Crippen LogP contribution in [-0.4, -0.2) is 39.3 Å². The van der Waals surface area contributed by atoms with Crippen LogP contribution in [0.3, 0.4) is 0 Å². The predicted octanol–water partition coefficient (Wildman–Crippen LogP) is 4.13. The van der Waals surface area contributed by atoms with E-state index >= 15 is 0 Å². The van der Waals surface area contributed by atoms with Gasteiger partial charge in [-0.25, -0.2) is 4.79 Å². The van der Waals surface area contributed by atoms with Crippen molar-refractivity contribution in [3.63, 3.8) is 0 Å². The van der Waals surface area contributed by atoms with Crippen LogP contribution < -0.4 is 25.3 Å². The van der Waals surface area contributed by atoms with E-state index in [0.717, 1.165) is 0 Å². The van der Waals surface area contributed by atoms with E-state index in [2.05, 4.69) is 21.2 Å². The Labute approximate surface area is 222 Å². The molecule has 1 aliphatic heterocycles. The van der Waals surface area contributed by atoms with Gasteiger partial charge in [-0.2, -0.15) is 5.26 Å². The van der Waals surface area contributed by atoms with Gasteiger partial charge >= 0.3 is 5.97 Å². The maximum Gasteiger partial charge on any atom is 0.338 e. The van der Waals surface area contributed by atoms with E-state index in [-0.39, 0.29) is 47.5 Å². The van der Waals surface area contributed by atoms with Crippen molar-refractivity contribution in [3.05, 3.63) is 69.2 Å². The van der Waals surface area contributed by atoms with Crippen molar-refractivity contribution in [2.24, 2.45) is 5.73 Å². The number of anilines is 1. The number of methoxy groups -OCH3 is 2. The van der Waals surface area contributed by atoms with Gasteiger partial charge in [-0.05, 0) is 43.7 Å². The minimum absolute atomic E-state index is 0.0428. The lowest BCUT2D eigenvalue weighted by Crippen LogP contribution is -2.26. The molecule has 10 nitrogen and oxygen atoms in total. The number of halogens is 1. The van der Waals surface area contributed by atoms with Crippen LogP contribution in [0.25, 0.3) is 0 Å². The Kier molecular flexibility index (Phi) is 9.03. The number of hydrogen-bond donors (Lipinski definition) is 2. The number of para-hydroxylation sites is 2. The molecule has 1 amide bonds. The van der Waals surface area contributed by atoms with Crippen LogP contribution in [0.1, 0.15) is 25.3 Å². The van der Waals surface area contributed by atoms with Crippen LogP contribution in [0, 0.1) is 11.3 Å². The number of esters is 1. The Morgan fingerprint density at radius 2 is 1.86 bits per heavy atom. The summed E-state index contributed by atoms with van der Waals surface area (Å²) in [5, 5.41) is 12.5. The molecule has 0 aromatic heterocycles. The van der Waals surface area contributed by atoms with Crippen molar-refractivity contribution < 1.29 is 33.3 Å². The first-order valence-corrected chi connectivity index (χ1v) is 11.9. The highest BCUT2D eigenvalue weighted by atomic mass is 79.9. The molecule has 2 aromatic carbocycles. The van der Waals surface area contributed by atoms with E-state index < -0.39 is 17.8 Å². The van der Waals surface area contributed by atoms with Crippen molar-refractivity contribution in [1.82, 2.24) is 0 Å². The highest BCUT2D eigenvalue weighted by molar-refractivity contribution is 9.10. The second-order valence-corrected chi connectivity index (χ2v) is 8.53. The van der Waals surface area contributed by atoms with Crippen molar-refractivity contribution in [2.75, 3.05) is 32.8 Å². The molecule has 1 atom stereocenters. The molecule has 37 heavy (non-hydrogen) atoms. The van der Waals surface area contributed by atoms with E-state index in [1.54, 1.807) is 50.2 Å². The molecule has 0 aliphatic carbocycles. The number of nitrogens with zero attached hydrogens (tertiary/aromatic N) is 1.